The van der Waals surface area contributed by atoms with Crippen LogP contribution in [0.5, 0.6) is 0 Å². The number of quaternary nitrogens is 1. The van der Waals surface area contributed by atoms with Gasteiger partial charge >= 0.3 is 0 Å². The van der Waals surface area contributed by atoms with Crippen LogP contribution in [0, 0.1) is 13.8 Å². The van der Waals surface area contributed by atoms with E-state index >= 15 is 0 Å². The average molecular weight is 379 g/mol. The van der Waals surface area contributed by atoms with Gasteiger partial charge in [0.05, 0.1) is 24.1 Å². The number of carbonyl (C=O) groups excluding carboxylic acids is 2. The molecule has 0 spiro atoms. The number of amides is 2. The minimum absolute atomic E-state index is 0.152. The molecule has 140 valence electrons. The Bertz CT molecular complexity index is 801. The van der Waals surface area contributed by atoms with Crippen LogP contribution in [0.1, 0.15) is 18.3 Å². The van der Waals surface area contributed by atoms with Crippen LogP contribution >= 0.6 is 11.6 Å². The summed E-state index contributed by atoms with van der Waals surface area (Å²) in [4.78, 5) is 25.5. The summed E-state index contributed by atoms with van der Waals surface area (Å²) in [5.41, 5.74) is 3.05. The van der Waals surface area contributed by atoms with Crippen molar-refractivity contribution < 1.29 is 14.5 Å². The first-order valence-electron chi connectivity index (χ1n) is 8.37. The summed E-state index contributed by atoms with van der Waals surface area (Å²) in [5.74, 6) is -0.320. The molecule has 2 atom stereocenters. The van der Waals surface area contributed by atoms with Gasteiger partial charge in [0, 0.05) is 17.8 Å². The second-order valence-corrected chi connectivity index (χ2v) is 6.90. The number of hydrogen-bond acceptors (Lipinski definition) is 3. The monoisotopic (exact) mass is 378 g/mol. The van der Waals surface area contributed by atoms with Gasteiger partial charge in [0.25, 0.3) is 11.8 Å². The Kier molecular flexibility index (Phi) is 6.39. The minimum atomic E-state index is -0.398. The summed E-state index contributed by atoms with van der Waals surface area (Å²) in [6, 6.07) is 6.49. The van der Waals surface area contributed by atoms with Gasteiger partial charge in [-0.3, -0.25) is 14.3 Å². The van der Waals surface area contributed by atoms with Gasteiger partial charge in [0.2, 0.25) is 0 Å². The zero-order chi connectivity index (χ0) is 19.4. The van der Waals surface area contributed by atoms with E-state index in [1.807, 2.05) is 27.9 Å². The molecule has 0 aliphatic rings. The molecule has 1 heterocycles. The third-order valence-electron chi connectivity index (χ3n) is 4.46. The molecule has 1 aromatic carbocycles. The van der Waals surface area contributed by atoms with Gasteiger partial charge in [-0.05, 0) is 45.0 Å². The van der Waals surface area contributed by atoms with Gasteiger partial charge in [-0.25, -0.2) is 0 Å². The van der Waals surface area contributed by atoms with Crippen LogP contribution in [0.15, 0.2) is 24.3 Å². The molecule has 3 N–H and O–H groups in total. The number of aryl methyl sites for hydroxylation is 2. The molecule has 2 amide bonds. The fourth-order valence-electron chi connectivity index (χ4n) is 2.55. The largest absolute Gasteiger partial charge is 0.321 e. The van der Waals surface area contributed by atoms with Crippen molar-refractivity contribution in [2.75, 3.05) is 24.2 Å². The van der Waals surface area contributed by atoms with E-state index in [0.29, 0.717) is 10.7 Å². The van der Waals surface area contributed by atoms with Crippen molar-refractivity contribution in [3.8, 4) is 0 Å². The van der Waals surface area contributed by atoms with Gasteiger partial charge in [-0.15, -0.1) is 0 Å². The first kappa shape index (κ1) is 19.9. The summed E-state index contributed by atoms with van der Waals surface area (Å²) >= 11 is 5.83. The lowest BCUT2D eigenvalue weighted by molar-refractivity contribution is -0.885. The zero-order valence-corrected chi connectivity index (χ0v) is 16.4. The molecule has 26 heavy (non-hydrogen) atoms. The van der Waals surface area contributed by atoms with Gasteiger partial charge < -0.3 is 15.5 Å². The zero-order valence-electron chi connectivity index (χ0n) is 15.7. The van der Waals surface area contributed by atoms with Crippen LogP contribution in [0.2, 0.25) is 5.02 Å². The van der Waals surface area contributed by atoms with Crippen molar-refractivity contribution in [2.45, 2.75) is 26.8 Å². The minimum Gasteiger partial charge on any atom is -0.321 e. The van der Waals surface area contributed by atoms with Gasteiger partial charge in [0.15, 0.2) is 12.6 Å². The van der Waals surface area contributed by atoms with Crippen molar-refractivity contribution in [1.29, 1.82) is 0 Å². The first-order chi connectivity index (χ1) is 12.2. The van der Waals surface area contributed by atoms with Crippen molar-refractivity contribution in [3.05, 3.63) is 40.7 Å². The van der Waals surface area contributed by atoms with Gasteiger partial charge in [-0.2, -0.15) is 5.10 Å². The van der Waals surface area contributed by atoms with Crippen molar-refractivity contribution in [2.24, 2.45) is 7.05 Å². The molecule has 1 aromatic heterocycles. The van der Waals surface area contributed by atoms with Crippen LogP contribution in [-0.2, 0) is 16.6 Å². The molecular formula is C18H25ClN5O2+. The quantitative estimate of drug-likeness (QED) is 0.706. The molecule has 0 saturated heterocycles. The normalized spacial score (nSPS) is 13.2. The molecule has 2 rings (SSSR count). The highest BCUT2D eigenvalue weighted by Gasteiger charge is 2.25. The lowest BCUT2D eigenvalue weighted by Gasteiger charge is -2.20. The van der Waals surface area contributed by atoms with Gasteiger partial charge in [0.1, 0.15) is 0 Å². The molecule has 0 radical (unpaired) electrons. The fraction of sp³-hybridized carbons (Fsp3) is 0.389. The predicted octanol–water partition coefficient (Wildman–Crippen LogP) is 1.17. The predicted molar refractivity (Wildman–Crippen MR) is 103 cm³/mol. The first-order valence-corrected chi connectivity index (χ1v) is 8.75. The van der Waals surface area contributed by atoms with Crippen LogP contribution in [0.3, 0.4) is 0 Å². The number of halogens is 1. The SMILES string of the molecule is Cc1nn(C)c(C)c1NC(=O)[C@@H](C)[NH+](C)CC(=O)Nc1ccc(Cl)cc1. The fourth-order valence-corrected chi connectivity index (χ4v) is 2.68. The highest BCUT2D eigenvalue weighted by molar-refractivity contribution is 6.30. The molecule has 0 saturated carbocycles. The Morgan fingerprint density at radius 1 is 1.23 bits per heavy atom. The number of benzene rings is 1. The Morgan fingerprint density at radius 2 is 1.85 bits per heavy atom. The van der Waals surface area contributed by atoms with E-state index in [1.54, 1.807) is 35.9 Å². The Hall–Kier alpha value is -2.38. The number of anilines is 2. The standard InChI is InChI=1S/C18H24ClN5O2/c1-11-17(12(2)24(5)22-11)21-18(26)13(3)23(4)10-16(25)20-15-8-6-14(19)7-9-15/h6-9,13H,10H2,1-5H3,(H,20,25)(H,21,26)/p+1/t13-/m1/s1. The van der Waals surface area contributed by atoms with E-state index < -0.39 is 6.04 Å². The molecule has 0 fully saturated rings. The van der Waals surface area contributed by atoms with Crippen LogP contribution in [0.25, 0.3) is 0 Å². The van der Waals surface area contributed by atoms with E-state index in [2.05, 4.69) is 15.7 Å². The number of nitrogens with one attached hydrogen (secondary N) is 3. The maximum Gasteiger partial charge on any atom is 0.282 e. The number of aromatic nitrogens is 2. The van der Waals surface area contributed by atoms with Crippen LogP contribution in [-0.4, -0.2) is 41.2 Å². The third-order valence-corrected chi connectivity index (χ3v) is 4.71. The van der Waals surface area contributed by atoms with E-state index in [9.17, 15) is 9.59 Å². The maximum absolute atomic E-state index is 12.5. The van der Waals surface area contributed by atoms with E-state index in [-0.39, 0.29) is 18.4 Å². The number of likely N-dealkylation sites (N-methyl/N-ethyl adjacent to an activating group) is 1. The van der Waals surface area contributed by atoms with Crippen LogP contribution in [0.4, 0.5) is 11.4 Å². The topological polar surface area (TPSA) is 80.5 Å². The molecule has 1 unspecified atom stereocenters. The smallest absolute Gasteiger partial charge is 0.282 e. The average Bonchev–Trinajstić information content (AvgIpc) is 2.82. The highest BCUT2D eigenvalue weighted by Crippen LogP contribution is 2.18. The lowest BCUT2D eigenvalue weighted by Crippen LogP contribution is -3.14. The molecule has 7 nitrogen and oxygen atoms in total. The summed E-state index contributed by atoms with van der Waals surface area (Å²) in [7, 11) is 3.65. The third kappa shape index (κ3) is 4.83. The van der Waals surface area contributed by atoms with E-state index in [4.69, 9.17) is 11.6 Å². The molecular weight excluding hydrogens is 354 g/mol. The summed E-state index contributed by atoms with van der Waals surface area (Å²) in [6.07, 6.45) is 0. The second-order valence-electron chi connectivity index (χ2n) is 6.46. The summed E-state index contributed by atoms with van der Waals surface area (Å²) in [5, 5.41) is 10.6. The maximum atomic E-state index is 12.5. The summed E-state index contributed by atoms with van der Waals surface area (Å²) in [6.45, 7) is 5.71. The Balaban J connectivity index is 1.93. The van der Waals surface area contributed by atoms with Crippen LogP contribution < -0.4 is 15.5 Å². The number of carbonyl (C=O) groups is 2. The van der Waals surface area contributed by atoms with Crippen molar-refractivity contribution >= 4 is 34.8 Å². The summed E-state index contributed by atoms with van der Waals surface area (Å²) < 4.78 is 1.73. The van der Waals surface area contributed by atoms with E-state index in [0.717, 1.165) is 22.0 Å². The number of rotatable bonds is 6. The Labute approximate surface area is 158 Å². The molecule has 0 aliphatic heterocycles. The highest BCUT2D eigenvalue weighted by atomic mass is 35.5. The lowest BCUT2D eigenvalue weighted by atomic mass is 10.2. The molecule has 8 heteroatoms. The molecule has 0 aliphatic carbocycles. The van der Waals surface area contributed by atoms with E-state index in [1.165, 1.54) is 0 Å². The number of nitrogens with zero attached hydrogens (tertiary/aromatic N) is 2. The van der Waals surface area contributed by atoms with Crippen molar-refractivity contribution in [1.82, 2.24) is 9.78 Å². The van der Waals surface area contributed by atoms with Crippen molar-refractivity contribution in [3.63, 3.8) is 0 Å². The molecule has 2 aromatic rings. The molecule has 0 bridgehead atoms. The Morgan fingerprint density at radius 3 is 2.38 bits per heavy atom. The van der Waals surface area contributed by atoms with Gasteiger partial charge in [-0.1, -0.05) is 11.6 Å². The second kappa shape index (κ2) is 8.33. The number of hydrogen-bond donors (Lipinski definition) is 3.